The van der Waals surface area contributed by atoms with E-state index in [1.807, 2.05) is 0 Å². The van der Waals surface area contributed by atoms with E-state index in [0.717, 1.165) is 24.7 Å². The fourth-order valence-corrected chi connectivity index (χ4v) is 3.30. The summed E-state index contributed by atoms with van der Waals surface area (Å²) in [5.41, 5.74) is 2.10. The lowest BCUT2D eigenvalue weighted by Gasteiger charge is -2.56. The fraction of sp³-hybridized carbons (Fsp3) is 0.786. The summed E-state index contributed by atoms with van der Waals surface area (Å²) in [5.74, 6) is 1.60. The van der Waals surface area contributed by atoms with Crippen LogP contribution in [-0.4, -0.2) is 13.1 Å². The highest BCUT2D eigenvalue weighted by atomic mass is 16.5. The molecular formula is C14H22O2. The third-order valence-corrected chi connectivity index (χ3v) is 4.66. The molecule has 0 N–H and O–H groups in total. The molecule has 3 aliphatic rings. The van der Waals surface area contributed by atoms with Gasteiger partial charge in [-0.1, -0.05) is 25.5 Å². The van der Waals surface area contributed by atoms with Gasteiger partial charge >= 0.3 is 5.97 Å². The number of hydrogen-bond donors (Lipinski definition) is 0. The number of rotatable bonds is 4. The van der Waals surface area contributed by atoms with Crippen LogP contribution in [0.2, 0.25) is 0 Å². The Hall–Kier alpha value is -0.790. The largest absolute Gasteiger partial charge is 0.469 e. The number of methoxy groups -OCH3 is 1. The molecule has 2 nitrogen and oxygen atoms in total. The third kappa shape index (κ3) is 1.90. The summed E-state index contributed by atoms with van der Waals surface area (Å²) in [4.78, 5) is 11.0. The SMILES string of the molecule is COC(=O)CCCC1=CCC2CC1C2(C)C. The first-order chi connectivity index (χ1) is 7.55. The maximum atomic E-state index is 11.0. The monoisotopic (exact) mass is 222 g/mol. The van der Waals surface area contributed by atoms with Crippen molar-refractivity contribution in [3.05, 3.63) is 11.6 Å². The minimum absolute atomic E-state index is 0.0813. The molecule has 90 valence electrons. The summed E-state index contributed by atoms with van der Waals surface area (Å²) in [6, 6.07) is 0. The van der Waals surface area contributed by atoms with E-state index in [-0.39, 0.29) is 5.97 Å². The number of carbonyl (C=O) groups is 1. The van der Waals surface area contributed by atoms with Gasteiger partial charge < -0.3 is 4.74 Å². The molecule has 0 aromatic carbocycles. The van der Waals surface area contributed by atoms with Crippen LogP contribution in [0.4, 0.5) is 0 Å². The summed E-state index contributed by atoms with van der Waals surface area (Å²) in [7, 11) is 1.46. The predicted octanol–water partition coefficient (Wildman–Crippen LogP) is 3.32. The van der Waals surface area contributed by atoms with Crippen LogP contribution in [0.3, 0.4) is 0 Å². The Morgan fingerprint density at radius 3 is 2.88 bits per heavy atom. The summed E-state index contributed by atoms with van der Waals surface area (Å²) in [6.07, 6.45) is 7.62. The maximum Gasteiger partial charge on any atom is 0.305 e. The lowest BCUT2D eigenvalue weighted by molar-refractivity contribution is -0.140. The molecule has 16 heavy (non-hydrogen) atoms. The number of fused-ring (bicyclic) bond motifs is 1. The van der Waals surface area contributed by atoms with E-state index in [1.165, 1.54) is 20.0 Å². The van der Waals surface area contributed by atoms with Gasteiger partial charge in [-0.05, 0) is 42.9 Å². The van der Waals surface area contributed by atoms with Crippen molar-refractivity contribution in [2.45, 2.75) is 46.0 Å². The van der Waals surface area contributed by atoms with Crippen LogP contribution in [0.1, 0.15) is 46.0 Å². The molecule has 0 aromatic rings. The van der Waals surface area contributed by atoms with Crippen molar-refractivity contribution in [3.8, 4) is 0 Å². The third-order valence-electron chi connectivity index (χ3n) is 4.66. The predicted molar refractivity (Wildman–Crippen MR) is 63.9 cm³/mol. The molecular weight excluding hydrogens is 200 g/mol. The smallest absolute Gasteiger partial charge is 0.305 e. The summed E-state index contributed by atoms with van der Waals surface area (Å²) in [6.45, 7) is 4.78. The Kier molecular flexibility index (Phi) is 3.09. The Labute approximate surface area is 98.1 Å². The van der Waals surface area contributed by atoms with Crippen molar-refractivity contribution in [2.75, 3.05) is 7.11 Å². The van der Waals surface area contributed by atoms with E-state index >= 15 is 0 Å². The molecule has 2 unspecified atom stereocenters. The van der Waals surface area contributed by atoms with E-state index in [4.69, 9.17) is 0 Å². The van der Waals surface area contributed by atoms with Crippen molar-refractivity contribution in [1.29, 1.82) is 0 Å². The molecule has 3 rings (SSSR count). The molecule has 2 heteroatoms. The quantitative estimate of drug-likeness (QED) is 0.539. The van der Waals surface area contributed by atoms with Crippen molar-refractivity contribution in [2.24, 2.45) is 17.3 Å². The molecule has 3 aliphatic carbocycles. The topological polar surface area (TPSA) is 26.3 Å². The Balaban J connectivity index is 1.83. The van der Waals surface area contributed by atoms with Gasteiger partial charge in [0, 0.05) is 6.42 Å². The highest BCUT2D eigenvalue weighted by Crippen LogP contribution is 2.59. The molecule has 0 saturated heterocycles. The lowest BCUT2D eigenvalue weighted by atomic mass is 9.48. The van der Waals surface area contributed by atoms with Crippen LogP contribution in [0.5, 0.6) is 0 Å². The number of esters is 1. The Morgan fingerprint density at radius 1 is 1.56 bits per heavy atom. The number of allylic oxidation sites excluding steroid dienone is 2. The van der Waals surface area contributed by atoms with E-state index in [2.05, 4.69) is 24.7 Å². The molecule has 1 saturated carbocycles. The minimum Gasteiger partial charge on any atom is -0.469 e. The fourth-order valence-electron chi connectivity index (χ4n) is 3.30. The van der Waals surface area contributed by atoms with Gasteiger partial charge in [-0.2, -0.15) is 0 Å². The second-order valence-electron chi connectivity index (χ2n) is 5.75. The normalized spacial score (nSPS) is 30.3. The van der Waals surface area contributed by atoms with Crippen molar-refractivity contribution in [1.82, 2.24) is 0 Å². The van der Waals surface area contributed by atoms with Crippen LogP contribution in [0.25, 0.3) is 0 Å². The van der Waals surface area contributed by atoms with E-state index in [1.54, 1.807) is 5.57 Å². The lowest BCUT2D eigenvalue weighted by Crippen LogP contribution is -2.48. The molecule has 0 amide bonds. The van der Waals surface area contributed by atoms with Gasteiger partial charge in [-0.15, -0.1) is 0 Å². The first-order valence-electron chi connectivity index (χ1n) is 6.31. The van der Waals surface area contributed by atoms with Crippen LogP contribution in [0.15, 0.2) is 11.6 Å². The minimum atomic E-state index is -0.0813. The number of hydrogen-bond acceptors (Lipinski definition) is 2. The summed E-state index contributed by atoms with van der Waals surface area (Å²) in [5, 5.41) is 0. The molecule has 0 aromatic heterocycles. The summed E-state index contributed by atoms with van der Waals surface area (Å²) >= 11 is 0. The second-order valence-corrected chi connectivity index (χ2v) is 5.75. The zero-order valence-corrected chi connectivity index (χ0v) is 10.6. The highest BCUT2D eigenvalue weighted by molar-refractivity contribution is 5.69. The first-order valence-corrected chi connectivity index (χ1v) is 6.31. The van der Waals surface area contributed by atoms with Crippen molar-refractivity contribution >= 4 is 5.97 Å². The maximum absolute atomic E-state index is 11.0. The van der Waals surface area contributed by atoms with E-state index in [9.17, 15) is 4.79 Å². The Morgan fingerprint density at radius 2 is 2.31 bits per heavy atom. The van der Waals surface area contributed by atoms with E-state index < -0.39 is 0 Å². The van der Waals surface area contributed by atoms with Gasteiger partial charge in [0.05, 0.1) is 7.11 Å². The molecule has 2 bridgehead atoms. The Bertz CT molecular complexity index is 315. The molecule has 0 aliphatic heterocycles. The van der Waals surface area contributed by atoms with Gasteiger partial charge in [0.1, 0.15) is 0 Å². The van der Waals surface area contributed by atoms with Crippen LogP contribution in [0, 0.1) is 17.3 Å². The van der Waals surface area contributed by atoms with E-state index in [0.29, 0.717) is 11.8 Å². The average Bonchev–Trinajstić information content (AvgIpc) is 2.28. The first kappa shape index (κ1) is 11.7. The second kappa shape index (κ2) is 4.23. The number of ether oxygens (including phenoxy) is 1. The van der Waals surface area contributed by atoms with Crippen LogP contribution >= 0.6 is 0 Å². The summed E-state index contributed by atoms with van der Waals surface area (Å²) < 4.78 is 4.66. The zero-order valence-electron chi connectivity index (χ0n) is 10.6. The van der Waals surface area contributed by atoms with Crippen LogP contribution < -0.4 is 0 Å². The van der Waals surface area contributed by atoms with Crippen molar-refractivity contribution in [3.63, 3.8) is 0 Å². The number of carbonyl (C=O) groups excluding carboxylic acids is 1. The molecule has 0 heterocycles. The van der Waals surface area contributed by atoms with Crippen LogP contribution in [-0.2, 0) is 9.53 Å². The zero-order chi connectivity index (χ0) is 11.8. The van der Waals surface area contributed by atoms with Gasteiger partial charge in [0.2, 0.25) is 0 Å². The van der Waals surface area contributed by atoms with Gasteiger partial charge in [-0.25, -0.2) is 0 Å². The van der Waals surface area contributed by atoms with Gasteiger partial charge in [0.15, 0.2) is 0 Å². The average molecular weight is 222 g/mol. The van der Waals surface area contributed by atoms with Gasteiger partial charge in [0.25, 0.3) is 0 Å². The molecule has 0 radical (unpaired) electrons. The molecule has 2 atom stereocenters. The molecule has 0 spiro atoms. The van der Waals surface area contributed by atoms with Gasteiger partial charge in [-0.3, -0.25) is 4.79 Å². The highest BCUT2D eigenvalue weighted by Gasteiger charge is 2.50. The molecule has 1 fully saturated rings. The standard InChI is InChI=1S/C14H22O2/c1-14(2)11-8-7-10(12(14)9-11)5-4-6-13(15)16-3/h7,11-12H,4-6,8-9H2,1-3H3. The van der Waals surface area contributed by atoms with Crippen molar-refractivity contribution < 1.29 is 9.53 Å².